The number of ketones is 1. The average Bonchev–Trinajstić information content (AvgIpc) is 2.66. The first-order valence-electron chi connectivity index (χ1n) is 9.92. The monoisotopic (exact) mass is 406 g/mol. The van der Waals surface area contributed by atoms with Gasteiger partial charge in [-0.25, -0.2) is 9.78 Å². The van der Waals surface area contributed by atoms with Gasteiger partial charge in [0.15, 0.2) is 5.78 Å². The summed E-state index contributed by atoms with van der Waals surface area (Å²) in [4.78, 5) is 37.1. The minimum Gasteiger partial charge on any atom is -0.444 e. The summed E-state index contributed by atoms with van der Waals surface area (Å²) >= 11 is 0. The first-order valence-corrected chi connectivity index (χ1v) is 9.92. The smallest absolute Gasteiger partial charge is 0.413 e. The SMILES string of the molecule is CCCC(=O)c1cc(C)c(-c2cnc3cc(NC(=O)OC(C)(C)C)ncc3c2)cn1. The number of fused-ring (bicyclic) bond motifs is 1. The lowest BCUT2D eigenvalue weighted by Gasteiger charge is -2.19. The van der Waals surface area contributed by atoms with Crippen LogP contribution in [0.2, 0.25) is 0 Å². The summed E-state index contributed by atoms with van der Waals surface area (Å²) in [6.07, 6.45) is 5.85. The number of aryl methyl sites for hydroxylation is 1. The Morgan fingerprint density at radius 2 is 1.80 bits per heavy atom. The van der Waals surface area contributed by atoms with E-state index in [-0.39, 0.29) is 5.78 Å². The molecule has 0 aliphatic carbocycles. The van der Waals surface area contributed by atoms with Crippen LogP contribution >= 0.6 is 0 Å². The molecule has 0 radical (unpaired) electrons. The topological polar surface area (TPSA) is 94.1 Å². The minimum absolute atomic E-state index is 0.0537. The Kier molecular flexibility index (Phi) is 6.10. The second-order valence-corrected chi connectivity index (χ2v) is 8.17. The second kappa shape index (κ2) is 8.57. The van der Waals surface area contributed by atoms with Crippen molar-refractivity contribution in [2.45, 2.75) is 53.1 Å². The van der Waals surface area contributed by atoms with Gasteiger partial charge in [0.1, 0.15) is 17.1 Å². The zero-order chi connectivity index (χ0) is 21.9. The summed E-state index contributed by atoms with van der Waals surface area (Å²) in [5.74, 6) is 0.423. The first-order chi connectivity index (χ1) is 14.2. The Morgan fingerprint density at radius 3 is 2.47 bits per heavy atom. The van der Waals surface area contributed by atoms with Gasteiger partial charge in [-0.2, -0.15) is 0 Å². The zero-order valence-corrected chi connectivity index (χ0v) is 17.9. The Morgan fingerprint density at radius 1 is 1.03 bits per heavy atom. The largest absolute Gasteiger partial charge is 0.444 e. The molecule has 1 N–H and O–H groups in total. The van der Waals surface area contributed by atoms with Gasteiger partial charge in [-0.05, 0) is 51.8 Å². The molecule has 7 nitrogen and oxygen atoms in total. The van der Waals surface area contributed by atoms with E-state index in [1.54, 1.807) is 45.4 Å². The molecule has 0 unspecified atom stereocenters. The summed E-state index contributed by atoms with van der Waals surface area (Å²) in [5, 5.41) is 3.45. The fourth-order valence-corrected chi connectivity index (χ4v) is 3.01. The molecule has 3 aromatic rings. The highest BCUT2D eigenvalue weighted by Gasteiger charge is 2.17. The van der Waals surface area contributed by atoms with E-state index in [1.165, 1.54) is 0 Å². The van der Waals surface area contributed by atoms with Gasteiger partial charge in [0, 0.05) is 47.6 Å². The van der Waals surface area contributed by atoms with Gasteiger partial charge < -0.3 is 4.74 Å². The van der Waals surface area contributed by atoms with Gasteiger partial charge in [-0.1, -0.05) is 6.92 Å². The Labute approximate surface area is 175 Å². The van der Waals surface area contributed by atoms with Crippen molar-refractivity contribution in [1.29, 1.82) is 0 Å². The van der Waals surface area contributed by atoms with Crippen molar-refractivity contribution < 1.29 is 14.3 Å². The molecule has 0 fully saturated rings. The van der Waals surface area contributed by atoms with Crippen molar-refractivity contribution in [1.82, 2.24) is 15.0 Å². The molecule has 1 amide bonds. The third-order valence-corrected chi connectivity index (χ3v) is 4.38. The van der Waals surface area contributed by atoms with Gasteiger partial charge in [0.05, 0.1) is 5.52 Å². The number of carbonyl (C=O) groups is 2. The number of hydrogen-bond acceptors (Lipinski definition) is 6. The minimum atomic E-state index is -0.587. The third-order valence-electron chi connectivity index (χ3n) is 4.38. The summed E-state index contributed by atoms with van der Waals surface area (Å²) in [7, 11) is 0. The van der Waals surface area contributed by atoms with E-state index in [1.807, 2.05) is 26.0 Å². The maximum atomic E-state index is 12.1. The normalized spacial score (nSPS) is 11.4. The van der Waals surface area contributed by atoms with E-state index >= 15 is 0 Å². The van der Waals surface area contributed by atoms with Crippen LogP contribution in [0.15, 0.2) is 36.8 Å². The molecule has 3 aromatic heterocycles. The van der Waals surface area contributed by atoms with Crippen molar-refractivity contribution in [3.05, 3.63) is 48.0 Å². The van der Waals surface area contributed by atoms with E-state index in [9.17, 15) is 9.59 Å². The van der Waals surface area contributed by atoms with Gasteiger partial charge in [0.2, 0.25) is 0 Å². The fraction of sp³-hybridized carbons (Fsp3) is 0.348. The van der Waals surface area contributed by atoms with Crippen LogP contribution in [-0.2, 0) is 4.74 Å². The molecule has 0 aliphatic rings. The number of nitrogens with one attached hydrogen (secondary N) is 1. The third kappa shape index (κ3) is 5.17. The van der Waals surface area contributed by atoms with Crippen molar-refractivity contribution >= 4 is 28.6 Å². The molecule has 0 atom stereocenters. The van der Waals surface area contributed by atoms with Crippen LogP contribution in [0.4, 0.5) is 10.6 Å². The van der Waals surface area contributed by atoms with E-state index in [0.29, 0.717) is 23.4 Å². The fourth-order valence-electron chi connectivity index (χ4n) is 3.01. The van der Waals surface area contributed by atoms with Crippen molar-refractivity contribution in [3.8, 4) is 11.1 Å². The van der Waals surface area contributed by atoms with Crippen LogP contribution in [-0.4, -0.2) is 32.4 Å². The van der Waals surface area contributed by atoms with E-state index < -0.39 is 11.7 Å². The molecule has 0 saturated carbocycles. The second-order valence-electron chi connectivity index (χ2n) is 8.17. The number of Topliss-reactive ketones (excluding diaryl/α,β-unsaturated/α-hetero) is 1. The lowest BCUT2D eigenvalue weighted by Crippen LogP contribution is -2.27. The molecule has 0 aliphatic heterocycles. The number of amides is 1. The zero-order valence-electron chi connectivity index (χ0n) is 17.9. The van der Waals surface area contributed by atoms with E-state index in [4.69, 9.17) is 4.74 Å². The van der Waals surface area contributed by atoms with Crippen molar-refractivity contribution in [2.75, 3.05) is 5.32 Å². The Balaban J connectivity index is 1.84. The highest BCUT2D eigenvalue weighted by atomic mass is 16.6. The molecule has 30 heavy (non-hydrogen) atoms. The predicted molar refractivity (Wildman–Crippen MR) is 117 cm³/mol. The summed E-state index contributed by atoms with van der Waals surface area (Å²) in [5.41, 5.74) is 3.36. The average molecular weight is 406 g/mol. The first kappa shape index (κ1) is 21.4. The predicted octanol–water partition coefficient (Wildman–Crippen LogP) is 5.33. The lowest BCUT2D eigenvalue weighted by molar-refractivity contribution is 0.0635. The summed E-state index contributed by atoms with van der Waals surface area (Å²) < 4.78 is 5.24. The van der Waals surface area contributed by atoms with Crippen molar-refractivity contribution in [2.24, 2.45) is 0 Å². The molecule has 3 rings (SSSR count). The number of aromatic nitrogens is 3. The van der Waals surface area contributed by atoms with E-state index in [0.717, 1.165) is 28.5 Å². The number of hydrogen-bond donors (Lipinski definition) is 1. The van der Waals surface area contributed by atoms with Crippen LogP contribution in [0.25, 0.3) is 22.0 Å². The van der Waals surface area contributed by atoms with Gasteiger partial charge in [0.25, 0.3) is 0 Å². The van der Waals surface area contributed by atoms with Crippen molar-refractivity contribution in [3.63, 3.8) is 0 Å². The highest BCUT2D eigenvalue weighted by molar-refractivity contribution is 5.95. The quantitative estimate of drug-likeness (QED) is 0.576. The van der Waals surface area contributed by atoms with Crippen LogP contribution in [0, 0.1) is 6.92 Å². The summed E-state index contributed by atoms with van der Waals surface area (Å²) in [6, 6.07) is 5.48. The number of rotatable bonds is 5. The summed E-state index contributed by atoms with van der Waals surface area (Å²) in [6.45, 7) is 9.32. The molecule has 0 bridgehead atoms. The number of pyridine rings is 3. The lowest BCUT2D eigenvalue weighted by atomic mass is 10.0. The van der Waals surface area contributed by atoms with Gasteiger partial charge in [-0.3, -0.25) is 20.1 Å². The number of carbonyl (C=O) groups excluding carboxylic acids is 2. The molecule has 7 heteroatoms. The molecular formula is C23H26N4O3. The van der Waals surface area contributed by atoms with Crippen LogP contribution in [0.1, 0.15) is 56.6 Å². The Hall–Kier alpha value is -3.35. The maximum absolute atomic E-state index is 12.1. The Bertz CT molecular complexity index is 1100. The molecule has 0 saturated heterocycles. The highest BCUT2D eigenvalue weighted by Crippen LogP contribution is 2.26. The molecule has 0 aromatic carbocycles. The standard InChI is InChI=1S/C23H26N4O3/c1-6-7-20(28)19-8-14(2)17(13-25-19)15-9-16-12-26-21(10-18(16)24-11-15)27-22(29)30-23(3,4)5/h8-13H,6-7H2,1-5H3,(H,26,27,29). The molecular weight excluding hydrogens is 380 g/mol. The van der Waals surface area contributed by atoms with Crippen LogP contribution in [0.5, 0.6) is 0 Å². The van der Waals surface area contributed by atoms with E-state index in [2.05, 4.69) is 20.3 Å². The molecule has 156 valence electrons. The molecule has 3 heterocycles. The van der Waals surface area contributed by atoms with Crippen LogP contribution < -0.4 is 5.32 Å². The maximum Gasteiger partial charge on any atom is 0.413 e. The number of ether oxygens (including phenoxy) is 1. The number of nitrogens with zero attached hydrogens (tertiary/aromatic N) is 3. The molecule has 0 spiro atoms. The van der Waals surface area contributed by atoms with Gasteiger partial charge in [-0.15, -0.1) is 0 Å². The van der Waals surface area contributed by atoms with Gasteiger partial charge >= 0.3 is 6.09 Å². The van der Waals surface area contributed by atoms with Crippen LogP contribution in [0.3, 0.4) is 0 Å². The number of anilines is 1.